The summed E-state index contributed by atoms with van der Waals surface area (Å²) in [6, 6.07) is 4.78. The highest BCUT2D eigenvalue weighted by Gasteiger charge is 2.32. The maximum atomic E-state index is 12.7. The fraction of sp³-hybridized carbons (Fsp3) is 0.375. The number of nitrogens with one attached hydrogen (secondary N) is 2. The highest BCUT2D eigenvalue weighted by atomic mass is 19.4. The summed E-state index contributed by atoms with van der Waals surface area (Å²) in [5, 5.41) is 9.95. The lowest BCUT2D eigenvalue weighted by molar-refractivity contribution is -0.137. The van der Waals surface area contributed by atoms with Crippen LogP contribution in [0.4, 0.5) is 18.9 Å². The van der Waals surface area contributed by atoms with Crippen molar-refractivity contribution in [2.24, 2.45) is 0 Å². The fourth-order valence-electron chi connectivity index (χ4n) is 2.40. The molecule has 23 heavy (non-hydrogen) atoms. The summed E-state index contributed by atoms with van der Waals surface area (Å²) in [6.45, 7) is 1.74. The molecule has 0 spiro atoms. The molecule has 0 aliphatic heterocycles. The summed E-state index contributed by atoms with van der Waals surface area (Å²) in [7, 11) is 0. The van der Waals surface area contributed by atoms with E-state index < -0.39 is 11.7 Å². The first-order chi connectivity index (χ1) is 10.9. The Labute approximate surface area is 131 Å². The first-order valence-electron chi connectivity index (χ1n) is 7.46. The number of benzene rings is 1. The van der Waals surface area contributed by atoms with Crippen LogP contribution in [-0.4, -0.2) is 16.1 Å². The van der Waals surface area contributed by atoms with E-state index in [0.717, 1.165) is 30.7 Å². The van der Waals surface area contributed by atoms with Gasteiger partial charge >= 0.3 is 6.18 Å². The third-order valence-corrected chi connectivity index (χ3v) is 3.85. The van der Waals surface area contributed by atoms with Crippen LogP contribution in [-0.2, 0) is 11.0 Å². The summed E-state index contributed by atoms with van der Waals surface area (Å²) < 4.78 is 38.0. The maximum absolute atomic E-state index is 12.7. The molecule has 1 heterocycles. The highest BCUT2D eigenvalue weighted by Crippen LogP contribution is 2.45. The molecular weight excluding hydrogens is 307 g/mol. The third-order valence-electron chi connectivity index (χ3n) is 3.85. The van der Waals surface area contributed by atoms with Crippen LogP contribution in [0.3, 0.4) is 0 Å². The molecule has 1 saturated carbocycles. The van der Waals surface area contributed by atoms with Crippen molar-refractivity contribution >= 4 is 11.6 Å². The van der Waals surface area contributed by atoms with Gasteiger partial charge in [-0.15, -0.1) is 0 Å². The molecule has 122 valence electrons. The number of rotatable bonds is 4. The summed E-state index contributed by atoms with van der Waals surface area (Å²) in [4.78, 5) is 11.7. The van der Waals surface area contributed by atoms with Crippen molar-refractivity contribution in [3.8, 4) is 11.3 Å². The molecule has 4 nitrogen and oxygen atoms in total. The Morgan fingerprint density at radius 1 is 1.30 bits per heavy atom. The second kappa shape index (κ2) is 5.72. The van der Waals surface area contributed by atoms with Gasteiger partial charge in [-0.05, 0) is 25.0 Å². The molecule has 0 unspecified atom stereocenters. The molecule has 0 radical (unpaired) electrons. The monoisotopic (exact) mass is 323 g/mol. The average molecular weight is 323 g/mol. The SMILES string of the molecule is CCC(=O)Nc1c(-c2ccc(C(F)(F)F)cc2)n[nH]c1C1CC1. The second-order valence-electron chi connectivity index (χ2n) is 5.61. The molecule has 1 fully saturated rings. The van der Waals surface area contributed by atoms with Gasteiger partial charge in [0.2, 0.25) is 5.91 Å². The van der Waals surface area contributed by atoms with Gasteiger partial charge in [0, 0.05) is 17.9 Å². The number of anilines is 1. The van der Waals surface area contributed by atoms with Gasteiger partial charge in [0.05, 0.1) is 16.9 Å². The standard InChI is InChI=1S/C16H16F3N3O/c1-2-12(23)20-15-13(9-3-4-9)21-22-14(15)10-5-7-11(8-6-10)16(17,18)19/h5-9H,2-4H2,1H3,(H,20,23)(H,21,22). The number of carbonyl (C=O) groups excluding carboxylic acids is 1. The molecule has 1 aromatic carbocycles. The normalized spacial score (nSPS) is 14.8. The zero-order valence-corrected chi connectivity index (χ0v) is 12.5. The first-order valence-corrected chi connectivity index (χ1v) is 7.46. The van der Waals surface area contributed by atoms with E-state index in [0.29, 0.717) is 29.3 Å². The molecule has 2 aromatic rings. The second-order valence-corrected chi connectivity index (χ2v) is 5.61. The number of H-pyrrole nitrogens is 1. The number of hydrogen-bond donors (Lipinski definition) is 2. The van der Waals surface area contributed by atoms with E-state index in [1.54, 1.807) is 6.92 Å². The molecule has 1 amide bonds. The van der Waals surface area contributed by atoms with E-state index in [1.165, 1.54) is 12.1 Å². The molecule has 0 atom stereocenters. The molecule has 1 aromatic heterocycles. The number of aromatic nitrogens is 2. The fourth-order valence-corrected chi connectivity index (χ4v) is 2.40. The molecular formula is C16H16F3N3O. The van der Waals surface area contributed by atoms with Gasteiger partial charge in [0.1, 0.15) is 5.69 Å². The number of halogens is 3. The van der Waals surface area contributed by atoms with Crippen molar-refractivity contribution in [1.29, 1.82) is 0 Å². The zero-order valence-electron chi connectivity index (χ0n) is 12.5. The van der Waals surface area contributed by atoms with Crippen molar-refractivity contribution in [3.63, 3.8) is 0 Å². The lowest BCUT2D eigenvalue weighted by Gasteiger charge is -2.09. The summed E-state index contributed by atoms with van der Waals surface area (Å²) in [6.07, 6.45) is -2.02. The minimum atomic E-state index is -4.37. The first kappa shape index (κ1) is 15.6. The lowest BCUT2D eigenvalue weighted by atomic mass is 10.1. The largest absolute Gasteiger partial charge is 0.416 e. The number of aromatic amines is 1. The topological polar surface area (TPSA) is 57.8 Å². The molecule has 1 aliphatic carbocycles. The van der Waals surface area contributed by atoms with Gasteiger partial charge < -0.3 is 5.32 Å². The van der Waals surface area contributed by atoms with Crippen molar-refractivity contribution in [2.75, 3.05) is 5.32 Å². The predicted molar refractivity (Wildman–Crippen MR) is 79.9 cm³/mol. The van der Waals surface area contributed by atoms with Crippen LogP contribution in [0.25, 0.3) is 11.3 Å². The van der Waals surface area contributed by atoms with E-state index in [9.17, 15) is 18.0 Å². The number of alkyl halides is 3. The van der Waals surface area contributed by atoms with E-state index in [1.807, 2.05) is 0 Å². The minimum absolute atomic E-state index is 0.151. The molecule has 1 aliphatic rings. The van der Waals surface area contributed by atoms with E-state index in [2.05, 4.69) is 15.5 Å². The van der Waals surface area contributed by atoms with Crippen molar-refractivity contribution in [2.45, 2.75) is 38.3 Å². The molecule has 3 rings (SSSR count). The van der Waals surface area contributed by atoms with Crippen molar-refractivity contribution < 1.29 is 18.0 Å². The van der Waals surface area contributed by atoms with Gasteiger partial charge in [-0.1, -0.05) is 19.1 Å². The third kappa shape index (κ3) is 3.23. The Morgan fingerprint density at radius 2 is 1.96 bits per heavy atom. The van der Waals surface area contributed by atoms with Gasteiger partial charge in [-0.2, -0.15) is 18.3 Å². The van der Waals surface area contributed by atoms with Crippen LogP contribution in [0.2, 0.25) is 0 Å². The molecule has 0 bridgehead atoms. The van der Waals surface area contributed by atoms with Gasteiger partial charge in [0.15, 0.2) is 0 Å². The Hall–Kier alpha value is -2.31. The van der Waals surface area contributed by atoms with Crippen LogP contribution in [0.5, 0.6) is 0 Å². The number of carbonyl (C=O) groups is 1. The average Bonchev–Trinajstić information content (AvgIpc) is 3.28. The Kier molecular flexibility index (Phi) is 3.87. The van der Waals surface area contributed by atoms with Crippen LogP contribution in [0.15, 0.2) is 24.3 Å². The highest BCUT2D eigenvalue weighted by molar-refractivity contribution is 5.95. The number of nitrogens with zero attached hydrogens (tertiary/aromatic N) is 1. The number of hydrogen-bond acceptors (Lipinski definition) is 2. The molecule has 2 N–H and O–H groups in total. The maximum Gasteiger partial charge on any atom is 0.416 e. The minimum Gasteiger partial charge on any atom is -0.323 e. The van der Waals surface area contributed by atoms with Crippen molar-refractivity contribution in [1.82, 2.24) is 10.2 Å². The van der Waals surface area contributed by atoms with Crippen molar-refractivity contribution in [3.05, 3.63) is 35.5 Å². The summed E-state index contributed by atoms with van der Waals surface area (Å²) in [5.41, 5.74) is 1.73. The smallest absolute Gasteiger partial charge is 0.323 e. The Bertz CT molecular complexity index is 715. The quantitative estimate of drug-likeness (QED) is 0.880. The van der Waals surface area contributed by atoms with Crippen LogP contribution < -0.4 is 5.32 Å². The van der Waals surface area contributed by atoms with Crippen LogP contribution >= 0.6 is 0 Å². The van der Waals surface area contributed by atoms with Gasteiger partial charge in [0.25, 0.3) is 0 Å². The van der Waals surface area contributed by atoms with Gasteiger partial charge in [-0.3, -0.25) is 9.89 Å². The summed E-state index contributed by atoms with van der Waals surface area (Å²) in [5.74, 6) is 0.180. The van der Waals surface area contributed by atoms with Gasteiger partial charge in [-0.25, -0.2) is 0 Å². The lowest BCUT2D eigenvalue weighted by Crippen LogP contribution is -2.11. The van der Waals surface area contributed by atoms with E-state index in [-0.39, 0.29) is 5.91 Å². The van der Waals surface area contributed by atoms with E-state index in [4.69, 9.17) is 0 Å². The predicted octanol–water partition coefficient (Wildman–Crippen LogP) is 4.32. The molecule has 7 heteroatoms. The van der Waals surface area contributed by atoms with E-state index >= 15 is 0 Å². The van der Waals surface area contributed by atoms with Crippen LogP contribution in [0, 0.1) is 0 Å². The van der Waals surface area contributed by atoms with Crippen LogP contribution in [0.1, 0.15) is 43.4 Å². The molecule has 0 saturated heterocycles. The Morgan fingerprint density at radius 3 is 2.48 bits per heavy atom. The number of amides is 1. The Balaban J connectivity index is 1.97. The summed E-state index contributed by atoms with van der Waals surface area (Å²) >= 11 is 0. The zero-order chi connectivity index (χ0) is 16.6.